The van der Waals surface area contributed by atoms with Crippen LogP contribution in [0.15, 0.2) is 41.6 Å². The molecule has 0 radical (unpaired) electrons. The molecule has 1 aromatic rings. The molecule has 1 aliphatic heterocycles. The lowest BCUT2D eigenvalue weighted by atomic mass is 9.99. The molecule has 0 bridgehead atoms. The number of fused-ring (bicyclic) bond motifs is 1. The van der Waals surface area contributed by atoms with E-state index >= 15 is 0 Å². The van der Waals surface area contributed by atoms with Crippen LogP contribution in [0.2, 0.25) is 5.02 Å². The maximum atomic E-state index is 12.5. The molecular formula is C18H20ClNO4. The van der Waals surface area contributed by atoms with Crippen molar-refractivity contribution in [2.45, 2.75) is 44.8 Å². The van der Waals surface area contributed by atoms with Gasteiger partial charge in [-0.05, 0) is 42.6 Å². The van der Waals surface area contributed by atoms with E-state index in [9.17, 15) is 14.8 Å². The van der Waals surface area contributed by atoms with Crippen molar-refractivity contribution in [3.63, 3.8) is 0 Å². The van der Waals surface area contributed by atoms with Crippen molar-refractivity contribution in [3.05, 3.63) is 57.5 Å². The molecule has 2 atom stereocenters. The highest BCUT2D eigenvalue weighted by Gasteiger charge is 2.24. The Morgan fingerprint density at radius 2 is 2.00 bits per heavy atom. The number of nitroso groups, excluding NO2 is 1. The first kappa shape index (κ1) is 18.4. The summed E-state index contributed by atoms with van der Waals surface area (Å²) in [6.07, 6.45) is 8.68. The molecule has 0 fully saturated rings. The highest BCUT2D eigenvalue weighted by Crippen LogP contribution is 2.31. The number of carbonyl (C=O) groups is 1. The number of aliphatic hydroxyl groups excluding tert-OH is 1. The summed E-state index contributed by atoms with van der Waals surface area (Å²) in [5.41, 5.74) is 0.360. The van der Waals surface area contributed by atoms with Gasteiger partial charge in [0.15, 0.2) is 0 Å². The summed E-state index contributed by atoms with van der Waals surface area (Å²) in [5.74, 6) is -0.656. The van der Waals surface area contributed by atoms with Crippen LogP contribution in [0.5, 0.6) is 0 Å². The average molecular weight is 350 g/mol. The lowest BCUT2D eigenvalue weighted by Crippen LogP contribution is -2.18. The Hall–Kier alpha value is -1.98. The predicted octanol–water partition coefficient (Wildman–Crippen LogP) is 4.48. The van der Waals surface area contributed by atoms with Crippen LogP contribution in [-0.4, -0.2) is 23.3 Å². The fourth-order valence-electron chi connectivity index (χ4n) is 2.53. The Balaban J connectivity index is 2.46. The molecule has 0 saturated carbocycles. The Labute approximate surface area is 145 Å². The minimum atomic E-state index is -0.819. The van der Waals surface area contributed by atoms with Crippen LogP contribution in [0.3, 0.4) is 0 Å². The number of halogens is 1. The first-order valence-corrected chi connectivity index (χ1v) is 8.26. The predicted molar refractivity (Wildman–Crippen MR) is 93.6 cm³/mol. The number of ether oxygens (including phenoxy) is 1. The van der Waals surface area contributed by atoms with Crippen LogP contribution >= 0.6 is 11.6 Å². The van der Waals surface area contributed by atoms with Crippen LogP contribution in [0.1, 0.15) is 42.1 Å². The van der Waals surface area contributed by atoms with E-state index in [4.69, 9.17) is 16.3 Å². The van der Waals surface area contributed by atoms with E-state index in [-0.39, 0.29) is 23.8 Å². The summed E-state index contributed by atoms with van der Waals surface area (Å²) in [4.78, 5) is 23.6. The second-order valence-corrected chi connectivity index (χ2v) is 6.12. The number of nitrogens with zero attached hydrogens (tertiary/aromatic N) is 1. The van der Waals surface area contributed by atoms with Gasteiger partial charge >= 0.3 is 5.97 Å². The van der Waals surface area contributed by atoms with Crippen molar-refractivity contribution in [3.8, 4) is 0 Å². The largest absolute Gasteiger partial charge is 0.459 e. The van der Waals surface area contributed by atoms with E-state index in [0.29, 0.717) is 17.0 Å². The van der Waals surface area contributed by atoms with Gasteiger partial charge in [0.2, 0.25) is 0 Å². The fourth-order valence-corrected chi connectivity index (χ4v) is 2.77. The SMILES string of the molecule is C[C@H]1C/C=C/CC/C=C/C(O)Cc2c(Cl)ccc(N=O)c2C(=O)O1. The van der Waals surface area contributed by atoms with Gasteiger partial charge in [0.25, 0.3) is 0 Å². The zero-order chi connectivity index (χ0) is 17.5. The van der Waals surface area contributed by atoms with Gasteiger partial charge in [0.05, 0.1) is 11.7 Å². The van der Waals surface area contributed by atoms with Gasteiger partial charge in [-0.1, -0.05) is 35.9 Å². The molecule has 0 aromatic heterocycles. The van der Waals surface area contributed by atoms with Gasteiger partial charge in [-0.25, -0.2) is 4.79 Å². The van der Waals surface area contributed by atoms with Crippen LogP contribution in [-0.2, 0) is 11.2 Å². The van der Waals surface area contributed by atoms with Crippen molar-refractivity contribution in [2.24, 2.45) is 5.18 Å². The zero-order valence-corrected chi connectivity index (χ0v) is 14.2. The van der Waals surface area contributed by atoms with E-state index in [0.717, 1.165) is 12.8 Å². The number of hydrogen-bond acceptors (Lipinski definition) is 5. The molecule has 0 aliphatic carbocycles. The van der Waals surface area contributed by atoms with Crippen molar-refractivity contribution in [1.29, 1.82) is 0 Å². The number of hydrogen-bond donors (Lipinski definition) is 1. The molecule has 128 valence electrons. The zero-order valence-electron chi connectivity index (χ0n) is 13.4. The lowest BCUT2D eigenvalue weighted by molar-refractivity contribution is 0.0347. The van der Waals surface area contributed by atoms with E-state index in [2.05, 4.69) is 5.18 Å². The highest BCUT2D eigenvalue weighted by molar-refractivity contribution is 6.32. The van der Waals surface area contributed by atoms with E-state index < -0.39 is 12.1 Å². The summed E-state index contributed by atoms with van der Waals surface area (Å²) < 4.78 is 5.41. The number of benzene rings is 1. The van der Waals surface area contributed by atoms with Crippen LogP contribution in [0.25, 0.3) is 0 Å². The molecule has 5 nitrogen and oxygen atoms in total. The highest BCUT2D eigenvalue weighted by atomic mass is 35.5. The average Bonchev–Trinajstić information content (AvgIpc) is 2.54. The number of carbonyl (C=O) groups excluding carboxylic acids is 1. The Morgan fingerprint density at radius 1 is 1.25 bits per heavy atom. The first-order valence-electron chi connectivity index (χ1n) is 7.88. The first-order chi connectivity index (χ1) is 11.5. The van der Waals surface area contributed by atoms with Crippen molar-refractivity contribution < 1.29 is 14.6 Å². The summed E-state index contributed by atoms with van der Waals surface area (Å²) in [6.45, 7) is 1.78. The number of allylic oxidation sites excluding steroid dienone is 2. The second-order valence-electron chi connectivity index (χ2n) is 5.71. The van der Waals surface area contributed by atoms with Crippen molar-refractivity contribution in [2.75, 3.05) is 0 Å². The smallest absolute Gasteiger partial charge is 0.341 e. The Morgan fingerprint density at radius 3 is 2.75 bits per heavy atom. The van der Waals surface area contributed by atoms with Crippen LogP contribution < -0.4 is 0 Å². The van der Waals surface area contributed by atoms with Gasteiger partial charge in [-0.2, -0.15) is 0 Å². The fraction of sp³-hybridized carbons (Fsp3) is 0.389. The van der Waals surface area contributed by atoms with E-state index in [1.54, 1.807) is 13.0 Å². The number of rotatable bonds is 1. The third-order valence-corrected chi connectivity index (χ3v) is 4.10. The third kappa shape index (κ3) is 4.76. The van der Waals surface area contributed by atoms with Crippen LogP contribution in [0.4, 0.5) is 5.69 Å². The van der Waals surface area contributed by atoms with Gasteiger partial charge < -0.3 is 9.84 Å². The topological polar surface area (TPSA) is 76.0 Å². The normalized spacial score (nSPS) is 25.0. The molecule has 6 heteroatoms. The number of aliphatic hydroxyl groups is 1. The van der Waals surface area contributed by atoms with Crippen molar-refractivity contribution >= 4 is 23.3 Å². The quantitative estimate of drug-likeness (QED) is 0.460. The monoisotopic (exact) mass is 349 g/mol. The molecular weight excluding hydrogens is 330 g/mol. The standard InChI is InChI=1S/C18H20ClNO4/c1-12-7-5-3-2-4-6-8-13(21)11-14-15(19)9-10-16(20-23)17(14)18(22)24-12/h3,5-6,8-10,12-13,21H,2,4,7,11H2,1H3/b5-3+,8-6+/t12-,13?/m0/s1. The van der Waals surface area contributed by atoms with Crippen LogP contribution in [0, 0.1) is 4.91 Å². The third-order valence-electron chi connectivity index (χ3n) is 3.75. The number of cyclic esters (lactones) is 1. The minimum absolute atomic E-state index is 0.0258. The minimum Gasteiger partial charge on any atom is -0.459 e. The molecule has 0 saturated heterocycles. The molecule has 0 spiro atoms. The molecule has 1 N–H and O–H groups in total. The summed E-state index contributed by atoms with van der Waals surface area (Å²) in [7, 11) is 0. The molecule has 1 aromatic carbocycles. The number of esters is 1. The van der Waals surface area contributed by atoms with E-state index in [1.807, 2.05) is 18.2 Å². The Bertz CT molecular complexity index is 669. The molecule has 0 amide bonds. The maximum absolute atomic E-state index is 12.5. The van der Waals surface area contributed by atoms with Gasteiger partial charge in [0, 0.05) is 17.9 Å². The van der Waals surface area contributed by atoms with Crippen molar-refractivity contribution in [1.82, 2.24) is 0 Å². The summed E-state index contributed by atoms with van der Waals surface area (Å²) in [5, 5.41) is 13.4. The molecule has 1 aliphatic rings. The van der Waals surface area contributed by atoms with Gasteiger partial charge in [-0.15, -0.1) is 4.91 Å². The molecule has 1 heterocycles. The summed E-state index contributed by atoms with van der Waals surface area (Å²) >= 11 is 6.19. The molecule has 2 rings (SSSR count). The summed E-state index contributed by atoms with van der Waals surface area (Å²) in [6, 6.07) is 2.88. The second kappa shape index (κ2) is 8.76. The lowest BCUT2D eigenvalue weighted by Gasteiger charge is -2.17. The maximum Gasteiger partial charge on any atom is 0.341 e. The van der Waals surface area contributed by atoms with Gasteiger partial charge in [0.1, 0.15) is 11.8 Å². The molecule has 24 heavy (non-hydrogen) atoms. The Kier molecular flexibility index (Phi) is 6.70. The van der Waals surface area contributed by atoms with E-state index in [1.165, 1.54) is 12.1 Å². The molecule has 1 unspecified atom stereocenters. The van der Waals surface area contributed by atoms with Gasteiger partial charge in [-0.3, -0.25) is 0 Å².